The number of aryl methyl sites for hydroxylation is 1. The molecular formula is C20H27N3O4. The van der Waals surface area contributed by atoms with Gasteiger partial charge in [-0.1, -0.05) is 26.0 Å². The van der Waals surface area contributed by atoms with Gasteiger partial charge in [0, 0.05) is 13.1 Å². The lowest BCUT2D eigenvalue weighted by molar-refractivity contribution is -0.141. The Kier molecular flexibility index (Phi) is 5.13. The third-order valence-electron chi connectivity index (χ3n) is 5.47. The van der Waals surface area contributed by atoms with Crippen molar-refractivity contribution < 1.29 is 19.1 Å². The van der Waals surface area contributed by atoms with E-state index in [0.29, 0.717) is 31.8 Å². The minimum absolute atomic E-state index is 0.107. The average molecular weight is 373 g/mol. The highest BCUT2D eigenvalue weighted by molar-refractivity contribution is 6.07. The fraction of sp³-hybridized carbons (Fsp3) is 0.550. The van der Waals surface area contributed by atoms with Crippen molar-refractivity contribution in [1.82, 2.24) is 15.5 Å². The van der Waals surface area contributed by atoms with Gasteiger partial charge in [0.25, 0.3) is 11.8 Å². The van der Waals surface area contributed by atoms with Gasteiger partial charge in [-0.05, 0) is 49.8 Å². The Bertz CT molecular complexity index is 766. The summed E-state index contributed by atoms with van der Waals surface area (Å²) < 4.78 is 5.97. The molecule has 2 N–H and O–H groups in total. The third kappa shape index (κ3) is 3.77. The molecule has 1 spiro atoms. The predicted octanol–water partition coefficient (Wildman–Crippen LogP) is 2.09. The van der Waals surface area contributed by atoms with Gasteiger partial charge >= 0.3 is 6.03 Å². The van der Waals surface area contributed by atoms with E-state index in [4.69, 9.17) is 4.74 Å². The summed E-state index contributed by atoms with van der Waals surface area (Å²) in [5.41, 5.74) is 1.28. The Morgan fingerprint density at radius 1 is 1.19 bits per heavy atom. The van der Waals surface area contributed by atoms with E-state index in [0.717, 1.165) is 16.9 Å². The standard InChI is InChI=1S/C20H27N3O4/c1-12(2)15-6-5-13(3)16(11-15)27-14(4)17(24)23-9-7-20(8-10-23)18(25)21-19(26)22-20/h5-6,11-12,14H,7-10H2,1-4H3,(H2,21,22,25,26). The van der Waals surface area contributed by atoms with E-state index < -0.39 is 17.7 Å². The van der Waals surface area contributed by atoms with Crippen molar-refractivity contribution in [3.05, 3.63) is 29.3 Å². The number of nitrogens with zero attached hydrogens (tertiary/aromatic N) is 1. The van der Waals surface area contributed by atoms with Crippen LogP contribution in [0.5, 0.6) is 5.75 Å². The molecule has 2 fully saturated rings. The van der Waals surface area contributed by atoms with Crippen molar-refractivity contribution in [3.8, 4) is 5.75 Å². The summed E-state index contributed by atoms with van der Waals surface area (Å²) in [4.78, 5) is 37.9. The molecular weight excluding hydrogens is 346 g/mol. The second kappa shape index (κ2) is 7.21. The largest absolute Gasteiger partial charge is 0.481 e. The number of carbonyl (C=O) groups is 3. The summed E-state index contributed by atoms with van der Waals surface area (Å²) in [5, 5.41) is 4.98. The van der Waals surface area contributed by atoms with E-state index in [9.17, 15) is 14.4 Å². The molecule has 3 rings (SSSR count). The molecule has 4 amide bonds. The second-order valence-corrected chi connectivity index (χ2v) is 7.76. The van der Waals surface area contributed by atoms with Gasteiger partial charge in [-0.15, -0.1) is 0 Å². The highest BCUT2D eigenvalue weighted by atomic mass is 16.5. The van der Waals surface area contributed by atoms with Crippen LogP contribution < -0.4 is 15.4 Å². The van der Waals surface area contributed by atoms with Crippen molar-refractivity contribution in [3.63, 3.8) is 0 Å². The van der Waals surface area contributed by atoms with E-state index in [1.54, 1.807) is 11.8 Å². The number of hydrogen-bond acceptors (Lipinski definition) is 4. The quantitative estimate of drug-likeness (QED) is 0.791. The maximum absolute atomic E-state index is 12.8. The van der Waals surface area contributed by atoms with Crippen LogP contribution in [0.2, 0.25) is 0 Å². The Balaban J connectivity index is 1.63. The molecule has 0 aromatic heterocycles. The number of hydrogen-bond donors (Lipinski definition) is 2. The molecule has 27 heavy (non-hydrogen) atoms. The van der Waals surface area contributed by atoms with Crippen LogP contribution >= 0.6 is 0 Å². The zero-order valence-corrected chi connectivity index (χ0v) is 16.3. The SMILES string of the molecule is Cc1ccc(C(C)C)cc1OC(C)C(=O)N1CCC2(CC1)NC(=O)NC2=O. The number of ether oxygens (including phenoxy) is 1. The molecule has 1 aromatic carbocycles. The van der Waals surface area contributed by atoms with Crippen LogP contribution in [0, 0.1) is 6.92 Å². The zero-order chi connectivity index (χ0) is 19.8. The van der Waals surface area contributed by atoms with Gasteiger partial charge < -0.3 is 15.0 Å². The number of nitrogens with one attached hydrogen (secondary N) is 2. The van der Waals surface area contributed by atoms with Gasteiger partial charge in [-0.2, -0.15) is 0 Å². The van der Waals surface area contributed by atoms with Gasteiger partial charge in [0.2, 0.25) is 0 Å². The Hall–Kier alpha value is -2.57. The third-order valence-corrected chi connectivity index (χ3v) is 5.47. The van der Waals surface area contributed by atoms with Gasteiger partial charge in [-0.25, -0.2) is 4.79 Å². The van der Waals surface area contributed by atoms with E-state index in [1.807, 2.05) is 19.1 Å². The summed E-state index contributed by atoms with van der Waals surface area (Å²) in [7, 11) is 0. The van der Waals surface area contributed by atoms with Crippen LogP contribution in [0.1, 0.15) is 50.7 Å². The van der Waals surface area contributed by atoms with Gasteiger partial charge in [-0.3, -0.25) is 14.9 Å². The maximum atomic E-state index is 12.8. The van der Waals surface area contributed by atoms with Gasteiger partial charge in [0.05, 0.1) is 0 Å². The predicted molar refractivity (Wildman–Crippen MR) is 101 cm³/mol. The van der Waals surface area contributed by atoms with Gasteiger partial charge in [0.1, 0.15) is 11.3 Å². The summed E-state index contributed by atoms with van der Waals surface area (Å²) >= 11 is 0. The number of amides is 4. The summed E-state index contributed by atoms with van der Waals surface area (Å²) in [5.74, 6) is 0.692. The van der Waals surface area contributed by atoms with Crippen molar-refractivity contribution in [1.29, 1.82) is 0 Å². The fourth-order valence-corrected chi connectivity index (χ4v) is 3.59. The topological polar surface area (TPSA) is 87.7 Å². The Morgan fingerprint density at radius 3 is 2.41 bits per heavy atom. The van der Waals surface area contributed by atoms with Crippen LogP contribution in [0.3, 0.4) is 0 Å². The summed E-state index contributed by atoms with van der Waals surface area (Å²) in [6.45, 7) is 8.76. The van der Waals surface area contributed by atoms with Gasteiger partial charge in [0.15, 0.2) is 6.10 Å². The molecule has 2 aliphatic rings. The maximum Gasteiger partial charge on any atom is 0.322 e. The molecule has 2 saturated heterocycles. The highest BCUT2D eigenvalue weighted by Gasteiger charge is 2.48. The Labute approximate surface area is 159 Å². The van der Waals surface area contributed by atoms with E-state index in [-0.39, 0.29) is 11.8 Å². The first kappa shape index (κ1) is 19.2. The number of urea groups is 1. The number of carbonyl (C=O) groups excluding carboxylic acids is 3. The van der Waals surface area contributed by atoms with Crippen molar-refractivity contribution in [2.45, 2.75) is 58.1 Å². The van der Waals surface area contributed by atoms with E-state index in [2.05, 4.69) is 30.5 Å². The first-order chi connectivity index (χ1) is 12.7. The van der Waals surface area contributed by atoms with Crippen LogP contribution in [0.15, 0.2) is 18.2 Å². The van der Waals surface area contributed by atoms with Crippen LogP contribution in [-0.2, 0) is 9.59 Å². The summed E-state index contributed by atoms with van der Waals surface area (Å²) in [6.07, 6.45) is 0.197. The molecule has 0 aliphatic carbocycles. The highest BCUT2D eigenvalue weighted by Crippen LogP contribution is 2.28. The summed E-state index contributed by atoms with van der Waals surface area (Å²) in [6, 6.07) is 5.61. The smallest absolute Gasteiger partial charge is 0.322 e. The molecule has 7 heteroatoms. The molecule has 0 saturated carbocycles. The first-order valence-corrected chi connectivity index (χ1v) is 9.41. The second-order valence-electron chi connectivity index (χ2n) is 7.76. The lowest BCUT2D eigenvalue weighted by Crippen LogP contribution is -2.57. The molecule has 1 aromatic rings. The molecule has 1 unspecified atom stereocenters. The number of rotatable bonds is 4. The van der Waals surface area contributed by atoms with E-state index >= 15 is 0 Å². The molecule has 2 aliphatic heterocycles. The molecule has 7 nitrogen and oxygen atoms in total. The van der Waals surface area contributed by atoms with Crippen molar-refractivity contribution in [2.24, 2.45) is 0 Å². The number of benzene rings is 1. The monoisotopic (exact) mass is 373 g/mol. The number of imide groups is 1. The normalized spacial score (nSPS) is 19.8. The lowest BCUT2D eigenvalue weighted by Gasteiger charge is -2.37. The van der Waals surface area contributed by atoms with Crippen molar-refractivity contribution in [2.75, 3.05) is 13.1 Å². The molecule has 146 valence electrons. The minimum Gasteiger partial charge on any atom is -0.481 e. The fourth-order valence-electron chi connectivity index (χ4n) is 3.59. The molecule has 0 radical (unpaired) electrons. The van der Waals surface area contributed by atoms with Crippen molar-refractivity contribution >= 4 is 17.8 Å². The average Bonchev–Trinajstić information content (AvgIpc) is 2.89. The molecule has 1 atom stereocenters. The Morgan fingerprint density at radius 2 is 1.85 bits per heavy atom. The molecule has 2 heterocycles. The van der Waals surface area contributed by atoms with Crippen LogP contribution in [0.25, 0.3) is 0 Å². The van der Waals surface area contributed by atoms with E-state index in [1.165, 1.54) is 0 Å². The number of piperidine rings is 1. The minimum atomic E-state index is -0.875. The molecule has 0 bridgehead atoms. The number of likely N-dealkylation sites (tertiary alicyclic amines) is 1. The van der Waals surface area contributed by atoms with Crippen LogP contribution in [-0.4, -0.2) is 47.5 Å². The first-order valence-electron chi connectivity index (χ1n) is 9.41. The lowest BCUT2D eigenvalue weighted by atomic mass is 9.87. The van der Waals surface area contributed by atoms with Crippen LogP contribution in [0.4, 0.5) is 4.79 Å². The zero-order valence-electron chi connectivity index (χ0n) is 16.3.